The highest BCUT2D eigenvalue weighted by Gasteiger charge is 2.21. The van der Waals surface area contributed by atoms with Crippen molar-refractivity contribution < 1.29 is 33.4 Å². The van der Waals surface area contributed by atoms with Crippen LogP contribution in [-0.4, -0.2) is 41.3 Å². The van der Waals surface area contributed by atoms with E-state index >= 15 is 0 Å². The molecule has 0 spiro atoms. The van der Waals surface area contributed by atoms with Crippen LogP contribution in [0.25, 0.3) is 0 Å². The quantitative estimate of drug-likeness (QED) is 0.513. The van der Waals surface area contributed by atoms with Crippen LogP contribution < -0.4 is 15.8 Å². The summed E-state index contributed by atoms with van der Waals surface area (Å²) in [7, 11) is 0. The van der Waals surface area contributed by atoms with Crippen molar-refractivity contribution in [2.24, 2.45) is 5.73 Å². The van der Waals surface area contributed by atoms with Crippen LogP contribution >= 0.6 is 0 Å². The van der Waals surface area contributed by atoms with Crippen molar-refractivity contribution in [1.82, 2.24) is 5.32 Å². The SMILES string of the molecule is CC(C)(C)OC(=O)NC(CCC(N)=O)COc1cccc(CCCC(=O)O)c1F. The number of nitrogens with two attached hydrogens (primary N) is 1. The number of aliphatic carboxylic acids is 1. The van der Waals surface area contributed by atoms with Gasteiger partial charge in [0.1, 0.15) is 12.2 Å². The number of carboxylic acid groups (broad SMARTS) is 1. The van der Waals surface area contributed by atoms with Gasteiger partial charge in [-0.15, -0.1) is 0 Å². The summed E-state index contributed by atoms with van der Waals surface area (Å²) in [6.07, 6.45) is 0.0435. The molecule has 0 radical (unpaired) electrons. The summed E-state index contributed by atoms with van der Waals surface area (Å²) < 4.78 is 25.3. The Bertz CT molecular complexity index is 717. The number of aryl methyl sites for hydroxylation is 1. The maximum absolute atomic E-state index is 14.6. The molecule has 29 heavy (non-hydrogen) atoms. The van der Waals surface area contributed by atoms with Crippen molar-refractivity contribution in [2.75, 3.05) is 6.61 Å². The van der Waals surface area contributed by atoms with Crippen molar-refractivity contribution in [3.8, 4) is 5.75 Å². The Morgan fingerprint density at radius 2 is 1.93 bits per heavy atom. The lowest BCUT2D eigenvalue weighted by molar-refractivity contribution is -0.137. The topological polar surface area (TPSA) is 128 Å². The van der Waals surface area contributed by atoms with Gasteiger partial charge in [-0.3, -0.25) is 9.59 Å². The smallest absolute Gasteiger partial charge is 0.407 e. The van der Waals surface area contributed by atoms with Crippen LogP contribution in [0.4, 0.5) is 9.18 Å². The first-order chi connectivity index (χ1) is 13.5. The van der Waals surface area contributed by atoms with Gasteiger partial charge in [-0.2, -0.15) is 0 Å². The van der Waals surface area contributed by atoms with Crippen molar-refractivity contribution in [3.63, 3.8) is 0 Å². The molecule has 9 heteroatoms. The van der Waals surface area contributed by atoms with E-state index in [1.54, 1.807) is 32.9 Å². The van der Waals surface area contributed by atoms with Crippen LogP contribution in [0.3, 0.4) is 0 Å². The second kappa shape index (κ2) is 11.2. The molecule has 1 rings (SSSR count). The van der Waals surface area contributed by atoms with E-state index in [0.29, 0.717) is 12.0 Å². The summed E-state index contributed by atoms with van der Waals surface area (Å²) in [6, 6.07) is 3.99. The number of alkyl carbamates (subject to hydrolysis) is 1. The van der Waals surface area contributed by atoms with Gasteiger partial charge in [-0.05, 0) is 51.7 Å². The van der Waals surface area contributed by atoms with Crippen molar-refractivity contribution in [2.45, 2.75) is 64.5 Å². The molecular weight excluding hydrogens is 383 g/mol. The Hall–Kier alpha value is -2.84. The Labute approximate surface area is 169 Å². The average molecular weight is 412 g/mol. The van der Waals surface area contributed by atoms with Crippen molar-refractivity contribution >= 4 is 18.0 Å². The number of hydrogen-bond acceptors (Lipinski definition) is 5. The number of primary amides is 1. The van der Waals surface area contributed by atoms with Gasteiger partial charge in [0.15, 0.2) is 11.6 Å². The molecule has 0 aliphatic rings. The maximum atomic E-state index is 14.6. The fraction of sp³-hybridized carbons (Fsp3) is 0.550. The van der Waals surface area contributed by atoms with Gasteiger partial charge in [-0.25, -0.2) is 9.18 Å². The molecule has 0 heterocycles. The molecule has 1 unspecified atom stereocenters. The fourth-order valence-corrected chi connectivity index (χ4v) is 2.47. The normalized spacial score (nSPS) is 12.1. The number of carboxylic acids is 1. The minimum absolute atomic E-state index is 0.0154. The predicted molar refractivity (Wildman–Crippen MR) is 104 cm³/mol. The summed E-state index contributed by atoms with van der Waals surface area (Å²) in [6.45, 7) is 5.05. The highest BCUT2D eigenvalue weighted by Crippen LogP contribution is 2.22. The second-order valence-electron chi connectivity index (χ2n) is 7.64. The molecule has 0 aromatic heterocycles. The van der Waals surface area contributed by atoms with Crippen molar-refractivity contribution in [3.05, 3.63) is 29.6 Å². The standard InChI is InChI=1S/C20H29FN2O6/c1-20(2,3)29-19(27)23-14(10-11-16(22)24)12-28-15-8-4-6-13(18(15)21)7-5-9-17(25)26/h4,6,8,14H,5,7,9-12H2,1-3H3,(H2,22,24)(H,23,27)(H,25,26). The number of carbonyl (C=O) groups is 3. The summed E-state index contributed by atoms with van der Waals surface area (Å²) in [5.74, 6) is -2.08. The molecule has 1 aromatic rings. The number of benzene rings is 1. The molecule has 2 amide bonds. The third-order valence-electron chi connectivity index (χ3n) is 3.78. The van der Waals surface area contributed by atoms with Crippen LogP contribution in [0.2, 0.25) is 0 Å². The largest absolute Gasteiger partial charge is 0.488 e. The van der Waals surface area contributed by atoms with Gasteiger partial charge in [0, 0.05) is 12.8 Å². The Balaban J connectivity index is 2.75. The minimum atomic E-state index is -0.941. The number of halogens is 1. The van der Waals surface area contributed by atoms with Crippen LogP contribution in [-0.2, 0) is 20.7 Å². The molecule has 0 fully saturated rings. The first-order valence-corrected chi connectivity index (χ1v) is 9.37. The van der Waals surface area contributed by atoms with Gasteiger partial charge >= 0.3 is 12.1 Å². The lowest BCUT2D eigenvalue weighted by Gasteiger charge is -2.24. The van der Waals surface area contributed by atoms with E-state index in [4.69, 9.17) is 20.3 Å². The van der Waals surface area contributed by atoms with E-state index in [0.717, 1.165) is 0 Å². The highest BCUT2D eigenvalue weighted by atomic mass is 19.1. The molecule has 0 bridgehead atoms. The van der Waals surface area contributed by atoms with Crippen LogP contribution in [0, 0.1) is 5.82 Å². The molecule has 1 aromatic carbocycles. The molecule has 0 aliphatic heterocycles. The average Bonchev–Trinajstić information content (AvgIpc) is 2.57. The van der Waals surface area contributed by atoms with Gasteiger partial charge in [-0.1, -0.05) is 12.1 Å². The molecular formula is C20H29FN2O6. The van der Waals surface area contributed by atoms with Crippen LogP contribution in [0.1, 0.15) is 52.0 Å². The van der Waals surface area contributed by atoms with Gasteiger partial charge in [0.05, 0.1) is 6.04 Å². The number of nitrogens with one attached hydrogen (secondary N) is 1. The van der Waals surface area contributed by atoms with Crippen molar-refractivity contribution in [1.29, 1.82) is 0 Å². The van der Waals surface area contributed by atoms with Crippen LogP contribution in [0.15, 0.2) is 18.2 Å². The first-order valence-electron chi connectivity index (χ1n) is 9.37. The molecule has 4 N–H and O–H groups in total. The van der Waals surface area contributed by atoms with E-state index in [1.165, 1.54) is 6.07 Å². The first kappa shape index (κ1) is 24.2. The third-order valence-corrected chi connectivity index (χ3v) is 3.78. The monoisotopic (exact) mass is 412 g/mol. The summed E-state index contributed by atoms with van der Waals surface area (Å²) >= 11 is 0. The van der Waals surface area contributed by atoms with E-state index < -0.39 is 35.4 Å². The highest BCUT2D eigenvalue weighted by molar-refractivity contribution is 5.74. The summed E-state index contributed by atoms with van der Waals surface area (Å²) in [4.78, 5) is 33.7. The third kappa shape index (κ3) is 10.3. The number of amides is 2. The van der Waals surface area contributed by atoms with E-state index in [1.807, 2.05) is 0 Å². The molecule has 0 saturated carbocycles. The zero-order valence-electron chi connectivity index (χ0n) is 17.0. The molecule has 8 nitrogen and oxygen atoms in total. The maximum Gasteiger partial charge on any atom is 0.407 e. The Kier molecular flexibility index (Phi) is 9.37. The molecule has 0 saturated heterocycles. The molecule has 1 atom stereocenters. The lowest BCUT2D eigenvalue weighted by atomic mass is 10.1. The Morgan fingerprint density at radius 3 is 2.52 bits per heavy atom. The zero-order chi connectivity index (χ0) is 22.0. The minimum Gasteiger partial charge on any atom is -0.488 e. The molecule has 0 aliphatic carbocycles. The van der Waals surface area contributed by atoms with E-state index in [-0.39, 0.29) is 38.0 Å². The summed E-state index contributed by atoms with van der Waals surface area (Å²) in [5.41, 5.74) is 4.81. The Morgan fingerprint density at radius 1 is 1.24 bits per heavy atom. The van der Waals surface area contributed by atoms with Gasteiger partial charge in [0.2, 0.25) is 5.91 Å². The van der Waals surface area contributed by atoms with Crippen LogP contribution in [0.5, 0.6) is 5.75 Å². The van der Waals surface area contributed by atoms with E-state index in [2.05, 4.69) is 5.32 Å². The zero-order valence-corrected chi connectivity index (χ0v) is 17.0. The number of ether oxygens (including phenoxy) is 2. The number of hydrogen-bond donors (Lipinski definition) is 3. The van der Waals surface area contributed by atoms with Gasteiger partial charge in [0.25, 0.3) is 0 Å². The van der Waals surface area contributed by atoms with E-state index in [9.17, 15) is 18.8 Å². The van der Waals surface area contributed by atoms with Gasteiger partial charge < -0.3 is 25.6 Å². The predicted octanol–water partition coefficient (Wildman–Crippen LogP) is 2.77. The molecule has 162 valence electrons. The lowest BCUT2D eigenvalue weighted by Crippen LogP contribution is -2.42. The number of rotatable bonds is 11. The number of carbonyl (C=O) groups excluding carboxylic acids is 2. The fourth-order valence-electron chi connectivity index (χ4n) is 2.47. The summed E-state index contributed by atoms with van der Waals surface area (Å²) in [5, 5.41) is 11.3. The second-order valence-corrected chi connectivity index (χ2v) is 7.64.